The highest BCUT2D eigenvalue weighted by molar-refractivity contribution is 5.85. The summed E-state index contributed by atoms with van der Waals surface area (Å²) >= 11 is 0. The van der Waals surface area contributed by atoms with Crippen molar-refractivity contribution in [3.63, 3.8) is 0 Å². The van der Waals surface area contributed by atoms with Gasteiger partial charge in [-0.1, -0.05) is 0 Å². The predicted molar refractivity (Wildman–Crippen MR) is 78.6 cm³/mol. The fraction of sp³-hybridized carbons (Fsp3) is 0.462. The number of phenolic OH excluding ortho intramolecular Hbond substituents is 1. The molecule has 1 aromatic rings. The van der Waals surface area contributed by atoms with Crippen molar-refractivity contribution >= 4 is 18.3 Å². The van der Waals surface area contributed by atoms with Crippen LogP contribution in [-0.4, -0.2) is 51.0 Å². The molecule has 1 rings (SSSR count). The first-order chi connectivity index (χ1) is 9.22. The maximum atomic E-state index is 11.4. The standard InChI is InChI=1S/C13H20N2O4.ClH/c1-18-9-8-14-6-7-15-13(17)10-19-12-4-2-11(16)3-5-12;/h2-5,14,16H,6-10H2,1H3,(H,15,17);1H. The number of halogens is 1. The minimum absolute atomic E-state index is 0. The Bertz CT molecular complexity index is 373. The molecule has 0 spiro atoms. The van der Waals surface area contributed by atoms with Gasteiger partial charge in [0.15, 0.2) is 6.61 Å². The normalized spacial score (nSPS) is 9.65. The number of amides is 1. The van der Waals surface area contributed by atoms with Crippen LogP contribution in [0.3, 0.4) is 0 Å². The van der Waals surface area contributed by atoms with Crippen molar-refractivity contribution in [3.05, 3.63) is 24.3 Å². The first-order valence-electron chi connectivity index (χ1n) is 6.10. The number of phenols is 1. The number of hydrogen-bond donors (Lipinski definition) is 3. The van der Waals surface area contributed by atoms with Crippen LogP contribution in [0.4, 0.5) is 0 Å². The summed E-state index contributed by atoms with van der Waals surface area (Å²) in [6.07, 6.45) is 0. The van der Waals surface area contributed by atoms with Crippen LogP contribution in [0.1, 0.15) is 0 Å². The van der Waals surface area contributed by atoms with Gasteiger partial charge in [-0.2, -0.15) is 0 Å². The fourth-order valence-electron chi connectivity index (χ4n) is 1.33. The lowest BCUT2D eigenvalue weighted by atomic mass is 10.3. The Morgan fingerprint density at radius 2 is 1.90 bits per heavy atom. The summed E-state index contributed by atoms with van der Waals surface area (Å²) in [5, 5.41) is 14.9. The van der Waals surface area contributed by atoms with Crippen molar-refractivity contribution in [1.29, 1.82) is 0 Å². The maximum Gasteiger partial charge on any atom is 0.257 e. The summed E-state index contributed by atoms with van der Waals surface area (Å²) < 4.78 is 10.1. The van der Waals surface area contributed by atoms with Crippen LogP contribution < -0.4 is 15.4 Å². The van der Waals surface area contributed by atoms with Gasteiger partial charge in [0.2, 0.25) is 0 Å². The smallest absolute Gasteiger partial charge is 0.257 e. The quantitative estimate of drug-likeness (QED) is 0.581. The van der Waals surface area contributed by atoms with E-state index in [9.17, 15) is 4.79 Å². The number of carbonyl (C=O) groups is 1. The molecule has 0 aliphatic carbocycles. The molecule has 0 fully saturated rings. The topological polar surface area (TPSA) is 79.8 Å². The van der Waals surface area contributed by atoms with E-state index < -0.39 is 0 Å². The molecule has 20 heavy (non-hydrogen) atoms. The third-order valence-electron chi connectivity index (χ3n) is 2.31. The van der Waals surface area contributed by atoms with Gasteiger partial charge in [-0.15, -0.1) is 12.4 Å². The minimum Gasteiger partial charge on any atom is -0.508 e. The van der Waals surface area contributed by atoms with Gasteiger partial charge in [-0.05, 0) is 24.3 Å². The third-order valence-corrected chi connectivity index (χ3v) is 2.31. The van der Waals surface area contributed by atoms with Crippen LogP contribution in [0, 0.1) is 0 Å². The number of hydrogen-bond acceptors (Lipinski definition) is 5. The lowest BCUT2D eigenvalue weighted by Crippen LogP contribution is -2.35. The molecule has 3 N–H and O–H groups in total. The van der Waals surface area contributed by atoms with Crippen molar-refractivity contribution < 1.29 is 19.4 Å². The molecule has 0 atom stereocenters. The second kappa shape index (κ2) is 11.3. The number of carbonyl (C=O) groups excluding carboxylic acids is 1. The lowest BCUT2D eigenvalue weighted by molar-refractivity contribution is -0.123. The van der Waals surface area contributed by atoms with E-state index >= 15 is 0 Å². The van der Waals surface area contributed by atoms with Gasteiger partial charge in [0.25, 0.3) is 5.91 Å². The van der Waals surface area contributed by atoms with E-state index in [0.29, 0.717) is 25.4 Å². The molecule has 6 nitrogen and oxygen atoms in total. The van der Waals surface area contributed by atoms with Crippen molar-refractivity contribution in [3.8, 4) is 11.5 Å². The molecule has 0 aliphatic heterocycles. The lowest BCUT2D eigenvalue weighted by Gasteiger charge is -2.08. The monoisotopic (exact) mass is 304 g/mol. The summed E-state index contributed by atoms with van der Waals surface area (Å²) in [6.45, 7) is 2.60. The second-order valence-corrected chi connectivity index (χ2v) is 3.88. The fourth-order valence-corrected chi connectivity index (χ4v) is 1.33. The first kappa shape index (κ1) is 18.5. The number of rotatable bonds is 9. The number of aromatic hydroxyl groups is 1. The van der Waals surface area contributed by atoms with Crippen LogP contribution in [-0.2, 0) is 9.53 Å². The molecule has 0 saturated heterocycles. The SMILES string of the molecule is COCCNCCNC(=O)COc1ccc(O)cc1.Cl. The van der Waals surface area contributed by atoms with Crippen LogP contribution in [0.25, 0.3) is 0 Å². The molecule has 0 saturated carbocycles. The Hall–Kier alpha value is -1.50. The van der Waals surface area contributed by atoms with Gasteiger partial charge in [-0.3, -0.25) is 4.79 Å². The van der Waals surface area contributed by atoms with Gasteiger partial charge in [-0.25, -0.2) is 0 Å². The molecule has 7 heteroatoms. The Morgan fingerprint density at radius 3 is 2.55 bits per heavy atom. The van der Waals surface area contributed by atoms with E-state index in [1.54, 1.807) is 19.2 Å². The van der Waals surface area contributed by atoms with E-state index in [0.717, 1.165) is 6.54 Å². The highest BCUT2D eigenvalue weighted by Gasteiger charge is 2.01. The molecule has 0 bridgehead atoms. The Kier molecular flexibility index (Phi) is 10.5. The molecule has 0 heterocycles. The summed E-state index contributed by atoms with van der Waals surface area (Å²) in [5.74, 6) is 0.534. The number of benzene rings is 1. The van der Waals surface area contributed by atoms with Gasteiger partial charge in [0.05, 0.1) is 6.61 Å². The van der Waals surface area contributed by atoms with E-state index in [4.69, 9.17) is 14.6 Å². The molecule has 0 aliphatic rings. The van der Waals surface area contributed by atoms with E-state index in [2.05, 4.69) is 10.6 Å². The van der Waals surface area contributed by atoms with Gasteiger partial charge in [0.1, 0.15) is 11.5 Å². The molecule has 114 valence electrons. The molecular weight excluding hydrogens is 284 g/mol. The predicted octanol–water partition coefficient (Wildman–Crippen LogP) is 0.545. The zero-order valence-electron chi connectivity index (χ0n) is 11.4. The average Bonchev–Trinajstić information content (AvgIpc) is 2.42. The van der Waals surface area contributed by atoms with Crippen LogP contribution in [0.15, 0.2) is 24.3 Å². The molecule has 0 aromatic heterocycles. The summed E-state index contributed by atoms with van der Waals surface area (Å²) in [5.41, 5.74) is 0. The minimum atomic E-state index is -0.179. The van der Waals surface area contributed by atoms with Crippen LogP contribution in [0.2, 0.25) is 0 Å². The van der Waals surface area contributed by atoms with Gasteiger partial charge in [0, 0.05) is 26.7 Å². The highest BCUT2D eigenvalue weighted by Crippen LogP contribution is 2.15. The van der Waals surface area contributed by atoms with E-state index in [1.807, 2.05) is 0 Å². The van der Waals surface area contributed by atoms with Crippen molar-refractivity contribution in [2.45, 2.75) is 0 Å². The van der Waals surface area contributed by atoms with Crippen molar-refractivity contribution in [2.75, 3.05) is 40.0 Å². The molecular formula is C13H21ClN2O4. The number of ether oxygens (including phenoxy) is 2. The van der Waals surface area contributed by atoms with Crippen LogP contribution >= 0.6 is 12.4 Å². The second-order valence-electron chi connectivity index (χ2n) is 3.88. The largest absolute Gasteiger partial charge is 0.508 e. The summed E-state index contributed by atoms with van der Waals surface area (Å²) in [6, 6.07) is 6.23. The Balaban J connectivity index is 0.00000361. The molecule has 0 radical (unpaired) electrons. The number of methoxy groups -OCH3 is 1. The summed E-state index contributed by atoms with van der Waals surface area (Å²) in [4.78, 5) is 11.4. The zero-order chi connectivity index (χ0) is 13.9. The van der Waals surface area contributed by atoms with Gasteiger partial charge < -0.3 is 25.2 Å². The number of nitrogens with one attached hydrogen (secondary N) is 2. The molecule has 0 unspecified atom stereocenters. The van der Waals surface area contributed by atoms with Crippen LogP contribution in [0.5, 0.6) is 11.5 Å². The molecule has 1 aromatic carbocycles. The Labute approximate surface area is 124 Å². The van der Waals surface area contributed by atoms with Crippen molar-refractivity contribution in [2.24, 2.45) is 0 Å². The van der Waals surface area contributed by atoms with E-state index in [-0.39, 0.29) is 30.7 Å². The highest BCUT2D eigenvalue weighted by atomic mass is 35.5. The average molecular weight is 305 g/mol. The zero-order valence-corrected chi connectivity index (χ0v) is 12.2. The molecule has 1 amide bonds. The Morgan fingerprint density at radius 1 is 1.20 bits per heavy atom. The first-order valence-corrected chi connectivity index (χ1v) is 6.10. The van der Waals surface area contributed by atoms with Gasteiger partial charge >= 0.3 is 0 Å². The van der Waals surface area contributed by atoms with E-state index in [1.165, 1.54) is 12.1 Å². The summed E-state index contributed by atoms with van der Waals surface area (Å²) in [7, 11) is 1.64. The maximum absolute atomic E-state index is 11.4. The third kappa shape index (κ3) is 8.58. The van der Waals surface area contributed by atoms with Crippen molar-refractivity contribution in [1.82, 2.24) is 10.6 Å².